The highest BCUT2D eigenvalue weighted by Crippen LogP contribution is 2.36. The second-order valence-electron chi connectivity index (χ2n) is 16.3. The van der Waals surface area contributed by atoms with Crippen LogP contribution in [0.15, 0.2) is 4.99 Å². The molecular formula is C40H81N3O9. The van der Waals surface area contributed by atoms with Gasteiger partial charge in [0.25, 0.3) is 0 Å². The molecule has 12 heteroatoms. The number of hydrogen-bond donors (Lipinski definition) is 3. The monoisotopic (exact) mass is 748 g/mol. The van der Waals surface area contributed by atoms with Gasteiger partial charge in [0.2, 0.25) is 0 Å². The average molecular weight is 748 g/mol. The molecule has 0 aromatic heterocycles. The lowest BCUT2D eigenvalue weighted by Gasteiger charge is -2.44. The Bertz CT molecular complexity index is 1000. The van der Waals surface area contributed by atoms with Crippen molar-refractivity contribution in [2.45, 2.75) is 169 Å². The van der Waals surface area contributed by atoms with E-state index in [1.54, 1.807) is 21.1 Å². The van der Waals surface area contributed by atoms with Crippen LogP contribution < -0.4 is 5.32 Å². The van der Waals surface area contributed by atoms with E-state index in [9.17, 15) is 15.0 Å². The smallest absolute Gasteiger partial charge is 0.311 e. The second kappa shape index (κ2) is 24.3. The molecule has 0 aromatic carbocycles. The van der Waals surface area contributed by atoms with Gasteiger partial charge in [-0.3, -0.25) is 15.1 Å². The van der Waals surface area contributed by atoms with Gasteiger partial charge in [-0.25, -0.2) is 0 Å². The number of aliphatic hydroxyl groups excluding tert-OH is 1. The van der Waals surface area contributed by atoms with Gasteiger partial charge in [0.1, 0.15) is 12.3 Å². The Morgan fingerprint density at radius 2 is 1.63 bits per heavy atom. The normalized spacial score (nSPS) is 38.7. The average Bonchev–Trinajstić information content (AvgIpc) is 3.04. The van der Waals surface area contributed by atoms with E-state index in [1.165, 1.54) is 0 Å². The quantitative estimate of drug-likeness (QED) is 0.191. The van der Waals surface area contributed by atoms with Crippen molar-refractivity contribution in [3.63, 3.8) is 0 Å². The van der Waals surface area contributed by atoms with Gasteiger partial charge in [0.15, 0.2) is 6.29 Å². The van der Waals surface area contributed by atoms with Gasteiger partial charge >= 0.3 is 5.97 Å². The number of aliphatic imine (C=N–C) groups is 1. The fraction of sp³-hybridized carbons (Fsp3) is 0.950. The fourth-order valence-electron chi connectivity index (χ4n) is 8.08. The molecule has 0 radical (unpaired) electrons. The highest BCUT2D eigenvalue weighted by Gasteiger charge is 2.45. The topological polar surface area (TPSA) is 163 Å². The lowest BCUT2D eigenvalue weighted by molar-refractivity contribution is -0.262. The van der Waals surface area contributed by atoms with Crippen molar-refractivity contribution < 1.29 is 44.2 Å². The SMILES string of the molecule is CCC(C)O[C@H](CCN(C)C)N[C@@H]1C(C)C(O[C@H]2C[C@H](C)[C@@H](O)[C@H](C)O2)C(C)C(=O)O[C@H](CC)[C@@](C)(O)C[C@@H](C)C(=NC)[C@H](C)C[C@@H]1C.COC.O. The van der Waals surface area contributed by atoms with Crippen LogP contribution in [-0.4, -0.2) is 129 Å². The first-order valence-corrected chi connectivity index (χ1v) is 19.6. The van der Waals surface area contributed by atoms with Crippen LogP contribution in [0.4, 0.5) is 0 Å². The third kappa shape index (κ3) is 15.5. The first-order valence-electron chi connectivity index (χ1n) is 19.6. The Balaban J connectivity index is 0.00000627. The lowest BCUT2D eigenvalue weighted by Crippen LogP contribution is -2.55. The van der Waals surface area contributed by atoms with Gasteiger partial charge in [0, 0.05) is 46.0 Å². The Morgan fingerprint density at radius 3 is 2.13 bits per heavy atom. The number of hydrogen-bond acceptors (Lipinski definition) is 11. The molecule has 310 valence electrons. The molecule has 52 heavy (non-hydrogen) atoms. The van der Waals surface area contributed by atoms with Crippen LogP contribution in [0, 0.1) is 35.5 Å². The van der Waals surface area contributed by atoms with E-state index in [-0.39, 0.29) is 53.4 Å². The zero-order valence-electron chi connectivity index (χ0n) is 35.8. The van der Waals surface area contributed by atoms with Gasteiger partial charge in [-0.1, -0.05) is 48.5 Å². The minimum atomic E-state index is -1.23. The number of carbonyl (C=O) groups is 1. The van der Waals surface area contributed by atoms with Gasteiger partial charge in [0.05, 0.1) is 35.9 Å². The highest BCUT2D eigenvalue weighted by atomic mass is 16.7. The fourth-order valence-corrected chi connectivity index (χ4v) is 8.08. The number of aliphatic hydroxyl groups is 2. The molecule has 2 heterocycles. The second-order valence-corrected chi connectivity index (χ2v) is 16.3. The molecule has 5 N–H and O–H groups in total. The van der Waals surface area contributed by atoms with E-state index in [1.807, 2.05) is 34.7 Å². The van der Waals surface area contributed by atoms with Gasteiger partial charge in [-0.15, -0.1) is 0 Å². The number of rotatable bonds is 11. The van der Waals surface area contributed by atoms with E-state index in [0.29, 0.717) is 19.3 Å². The van der Waals surface area contributed by atoms with Crippen LogP contribution in [0.2, 0.25) is 0 Å². The van der Waals surface area contributed by atoms with Crippen molar-refractivity contribution in [3.05, 3.63) is 0 Å². The van der Waals surface area contributed by atoms with Gasteiger partial charge in [-0.2, -0.15) is 0 Å². The standard InChI is InChI=1S/C38H73N3O7.C2H6O.H2O/c1-15-26(7)45-31(17-18-41(13)14)40-34-23(4)19-22(3)33(39-12)25(6)21-38(11,44)30(16-2)47-37(43)28(9)36(27(34)8)48-32-20-24(5)35(42)29(10)46-32;1-3-2;/h22-32,34-36,40,42,44H,15-21H2,1-14H3;1-2H3;1H2/t22-,23+,24+,25-,26?,27?,28?,29+,30-,31-,32+,34+,35-,36?,38+;;/m1../s1. The molecule has 2 aliphatic rings. The predicted molar refractivity (Wildman–Crippen MR) is 209 cm³/mol. The number of cyclic esters (lactones) is 1. The van der Waals surface area contributed by atoms with Crippen LogP contribution in [-0.2, 0) is 28.5 Å². The first kappa shape index (κ1) is 50.8. The Morgan fingerprint density at radius 1 is 1.04 bits per heavy atom. The molecule has 0 saturated carbocycles. The zero-order valence-corrected chi connectivity index (χ0v) is 35.8. The van der Waals surface area contributed by atoms with Gasteiger partial charge in [-0.05, 0) is 103 Å². The highest BCUT2D eigenvalue weighted by molar-refractivity contribution is 5.88. The molecule has 0 bridgehead atoms. The van der Waals surface area contributed by atoms with E-state index in [4.69, 9.17) is 23.9 Å². The molecule has 2 rings (SSSR count). The van der Waals surface area contributed by atoms with Crippen LogP contribution in [0.3, 0.4) is 0 Å². The van der Waals surface area contributed by atoms with Gasteiger partial charge < -0.3 is 44.3 Å². The minimum Gasteiger partial charge on any atom is -0.459 e. The van der Waals surface area contributed by atoms with Crippen LogP contribution in [0.25, 0.3) is 0 Å². The van der Waals surface area contributed by atoms with Crippen molar-refractivity contribution in [1.29, 1.82) is 0 Å². The molecule has 0 spiro atoms. The van der Waals surface area contributed by atoms with Crippen LogP contribution in [0.1, 0.15) is 115 Å². The van der Waals surface area contributed by atoms with E-state index in [2.05, 4.69) is 70.6 Å². The predicted octanol–water partition coefficient (Wildman–Crippen LogP) is 5.11. The molecule has 0 amide bonds. The van der Waals surface area contributed by atoms with Crippen LogP contribution >= 0.6 is 0 Å². The Hall–Kier alpha value is -1.22. The number of nitrogens with one attached hydrogen (secondary N) is 1. The number of ether oxygens (including phenoxy) is 5. The number of nitrogens with zero attached hydrogens (tertiary/aromatic N) is 2. The maximum Gasteiger partial charge on any atom is 0.311 e. The summed E-state index contributed by atoms with van der Waals surface area (Å²) in [6, 6.07) is -0.0885. The summed E-state index contributed by atoms with van der Waals surface area (Å²) in [5.74, 6) is -0.917. The molecule has 4 unspecified atom stereocenters. The number of methoxy groups -OCH3 is 1. The molecular weight excluding hydrogens is 666 g/mol. The largest absolute Gasteiger partial charge is 0.459 e. The molecule has 0 aliphatic carbocycles. The van der Waals surface area contributed by atoms with Crippen LogP contribution in [0.5, 0.6) is 0 Å². The summed E-state index contributed by atoms with van der Waals surface area (Å²) in [5, 5.41) is 26.3. The van der Waals surface area contributed by atoms with E-state index < -0.39 is 48.2 Å². The zero-order chi connectivity index (χ0) is 39.2. The Kier molecular flexibility index (Phi) is 23.8. The minimum absolute atomic E-state index is 0. The molecule has 2 fully saturated rings. The van der Waals surface area contributed by atoms with E-state index >= 15 is 0 Å². The molecule has 12 nitrogen and oxygen atoms in total. The van der Waals surface area contributed by atoms with Crippen molar-refractivity contribution in [3.8, 4) is 0 Å². The maximum absolute atomic E-state index is 14.1. The maximum atomic E-state index is 14.1. The number of carbonyl (C=O) groups excluding carboxylic acids is 1. The summed E-state index contributed by atoms with van der Waals surface area (Å²) in [7, 11) is 9.23. The summed E-state index contributed by atoms with van der Waals surface area (Å²) in [6.45, 7) is 23.3. The molecule has 0 aromatic rings. The summed E-state index contributed by atoms with van der Waals surface area (Å²) >= 11 is 0. The molecule has 2 saturated heterocycles. The van der Waals surface area contributed by atoms with E-state index in [0.717, 1.165) is 31.5 Å². The summed E-state index contributed by atoms with van der Waals surface area (Å²) < 4.78 is 30.0. The molecule has 15 atom stereocenters. The summed E-state index contributed by atoms with van der Waals surface area (Å²) in [4.78, 5) is 21.0. The third-order valence-electron chi connectivity index (χ3n) is 11.1. The first-order chi connectivity index (χ1) is 23.8. The number of esters is 1. The van der Waals surface area contributed by atoms with Crippen molar-refractivity contribution in [2.75, 3.05) is 41.9 Å². The van der Waals surface area contributed by atoms with Crippen molar-refractivity contribution in [2.24, 2.45) is 40.5 Å². The summed E-state index contributed by atoms with van der Waals surface area (Å²) in [6.07, 6.45) is 1.05. The molecule has 2 aliphatic heterocycles. The Labute approximate surface area is 317 Å². The summed E-state index contributed by atoms with van der Waals surface area (Å²) in [5.41, 5.74) is -0.174. The van der Waals surface area contributed by atoms with Crippen molar-refractivity contribution >= 4 is 11.7 Å². The third-order valence-corrected chi connectivity index (χ3v) is 11.1. The lowest BCUT2D eigenvalue weighted by atomic mass is 9.75. The van der Waals surface area contributed by atoms with Crippen molar-refractivity contribution in [1.82, 2.24) is 10.2 Å².